The summed E-state index contributed by atoms with van der Waals surface area (Å²) in [7, 11) is 0. The summed E-state index contributed by atoms with van der Waals surface area (Å²) in [4.78, 5) is 11.2. The first-order chi connectivity index (χ1) is 15.6. The largest absolute Gasteiger partial charge is 0.351 e. The van der Waals surface area contributed by atoms with Crippen LogP contribution in [-0.4, -0.2) is 19.6 Å². The lowest BCUT2D eigenvalue weighted by Gasteiger charge is -2.29. The number of nitrogens with one attached hydrogen (secondary N) is 1. The van der Waals surface area contributed by atoms with Gasteiger partial charge in [0.25, 0.3) is 0 Å². The van der Waals surface area contributed by atoms with Gasteiger partial charge in [-0.25, -0.2) is 0 Å². The molecule has 0 saturated carbocycles. The Morgan fingerprint density at radius 2 is 1.88 bits per heavy atom. The number of thiocarbonyl (C=S) groups is 1. The topological polar surface area (TPSA) is 46.0 Å². The Labute approximate surface area is 193 Å². The van der Waals surface area contributed by atoms with E-state index in [0.29, 0.717) is 5.11 Å². The molecule has 4 aromatic rings. The third-order valence-corrected chi connectivity index (χ3v) is 6.42. The van der Waals surface area contributed by atoms with E-state index < -0.39 is 0 Å². The molecule has 1 N–H and O–H groups in total. The predicted molar refractivity (Wildman–Crippen MR) is 132 cm³/mol. The molecule has 160 valence electrons. The van der Waals surface area contributed by atoms with Crippen LogP contribution >= 0.6 is 12.2 Å². The number of hydrogen-bond donors (Lipinski definition) is 1. The van der Waals surface area contributed by atoms with E-state index in [1.807, 2.05) is 30.6 Å². The monoisotopic (exact) mass is 439 g/mol. The zero-order valence-electron chi connectivity index (χ0n) is 18.1. The predicted octanol–water partition coefficient (Wildman–Crippen LogP) is 5.12. The Balaban J connectivity index is 1.61. The summed E-state index contributed by atoms with van der Waals surface area (Å²) in [6.07, 6.45) is 7.68. The van der Waals surface area contributed by atoms with E-state index in [1.165, 1.54) is 16.8 Å². The summed E-state index contributed by atoms with van der Waals surface area (Å²) in [5.41, 5.74) is 6.91. The van der Waals surface area contributed by atoms with Gasteiger partial charge in [0.15, 0.2) is 5.11 Å². The van der Waals surface area contributed by atoms with Crippen LogP contribution in [0.4, 0.5) is 5.69 Å². The lowest BCUT2D eigenvalue weighted by Crippen LogP contribution is -2.30. The van der Waals surface area contributed by atoms with Gasteiger partial charge in [0.2, 0.25) is 0 Å². The molecule has 32 heavy (non-hydrogen) atoms. The second-order valence-electron chi connectivity index (χ2n) is 8.19. The van der Waals surface area contributed by atoms with Gasteiger partial charge < -0.3 is 14.8 Å². The van der Waals surface area contributed by atoms with Gasteiger partial charge in [-0.15, -0.1) is 0 Å². The fourth-order valence-electron chi connectivity index (χ4n) is 4.34. The zero-order valence-corrected chi connectivity index (χ0v) is 19.0. The first-order valence-electron chi connectivity index (χ1n) is 10.7. The average molecular weight is 440 g/mol. The molecule has 3 aromatic heterocycles. The van der Waals surface area contributed by atoms with Crippen molar-refractivity contribution in [3.63, 3.8) is 0 Å². The Morgan fingerprint density at radius 1 is 0.969 bits per heavy atom. The van der Waals surface area contributed by atoms with Crippen LogP contribution in [0.15, 0.2) is 85.5 Å². The Hall–Kier alpha value is -3.51. The van der Waals surface area contributed by atoms with Crippen molar-refractivity contribution in [3.05, 3.63) is 114 Å². The van der Waals surface area contributed by atoms with E-state index in [9.17, 15) is 0 Å². The third-order valence-electron chi connectivity index (χ3n) is 6.11. The standard InChI is InChI=1S/C26H25N5S/c1-18-10-11-21(15-19(18)2)31-25(24(29-26(31)32)22-8-3-4-13-28-22)23-9-6-14-30(23)17-20-7-5-12-27-16-20/h3-16,24-25H,17H2,1-2H3,(H,29,32)/t24-,25+/m0/s1. The number of hydrogen-bond acceptors (Lipinski definition) is 3. The van der Waals surface area contributed by atoms with Gasteiger partial charge in [-0.05, 0) is 85.2 Å². The highest BCUT2D eigenvalue weighted by molar-refractivity contribution is 7.80. The number of aromatic nitrogens is 3. The maximum atomic E-state index is 5.87. The molecule has 2 atom stereocenters. The van der Waals surface area contributed by atoms with Crippen LogP contribution in [0.5, 0.6) is 0 Å². The maximum Gasteiger partial charge on any atom is 0.174 e. The molecule has 5 rings (SSSR count). The second-order valence-corrected chi connectivity index (χ2v) is 8.57. The molecule has 0 radical (unpaired) electrons. The van der Waals surface area contributed by atoms with Crippen molar-refractivity contribution >= 4 is 23.0 Å². The van der Waals surface area contributed by atoms with Crippen LogP contribution in [0.3, 0.4) is 0 Å². The van der Waals surface area contributed by atoms with Gasteiger partial charge in [-0.1, -0.05) is 18.2 Å². The summed E-state index contributed by atoms with van der Waals surface area (Å²) in [6, 6.07) is 20.8. The average Bonchev–Trinajstić information content (AvgIpc) is 3.40. The van der Waals surface area contributed by atoms with E-state index in [4.69, 9.17) is 12.2 Å². The normalized spacial score (nSPS) is 18.1. The van der Waals surface area contributed by atoms with Crippen molar-refractivity contribution in [2.45, 2.75) is 32.5 Å². The molecule has 1 aromatic carbocycles. The zero-order chi connectivity index (χ0) is 22.1. The first kappa shape index (κ1) is 20.4. The van der Waals surface area contributed by atoms with E-state index in [-0.39, 0.29) is 12.1 Å². The van der Waals surface area contributed by atoms with Crippen LogP contribution in [0, 0.1) is 13.8 Å². The van der Waals surface area contributed by atoms with Crippen LogP contribution in [-0.2, 0) is 6.54 Å². The summed E-state index contributed by atoms with van der Waals surface area (Å²) >= 11 is 5.87. The quantitative estimate of drug-likeness (QED) is 0.437. The van der Waals surface area contributed by atoms with Crippen molar-refractivity contribution < 1.29 is 0 Å². The Morgan fingerprint density at radius 3 is 2.62 bits per heavy atom. The second kappa shape index (κ2) is 8.55. The van der Waals surface area contributed by atoms with Crippen molar-refractivity contribution in [2.75, 3.05) is 4.90 Å². The van der Waals surface area contributed by atoms with Crippen molar-refractivity contribution in [3.8, 4) is 0 Å². The van der Waals surface area contributed by atoms with Crippen molar-refractivity contribution in [1.29, 1.82) is 0 Å². The van der Waals surface area contributed by atoms with Gasteiger partial charge in [0.05, 0.1) is 11.7 Å². The highest BCUT2D eigenvalue weighted by Crippen LogP contribution is 2.42. The van der Waals surface area contributed by atoms with Crippen molar-refractivity contribution in [1.82, 2.24) is 19.9 Å². The molecule has 1 aliphatic heterocycles. The molecule has 1 fully saturated rings. The van der Waals surface area contributed by atoms with Crippen LogP contribution in [0.1, 0.15) is 40.2 Å². The molecule has 0 spiro atoms. The minimum absolute atomic E-state index is 0.0359. The van der Waals surface area contributed by atoms with Gasteiger partial charge in [-0.2, -0.15) is 0 Å². The van der Waals surface area contributed by atoms with Crippen LogP contribution < -0.4 is 10.2 Å². The smallest absolute Gasteiger partial charge is 0.174 e. The number of pyridine rings is 2. The van der Waals surface area contributed by atoms with Gasteiger partial charge in [0, 0.05) is 42.7 Å². The number of anilines is 1. The van der Waals surface area contributed by atoms with Gasteiger partial charge in [0.1, 0.15) is 6.04 Å². The van der Waals surface area contributed by atoms with Gasteiger partial charge in [-0.3, -0.25) is 9.97 Å². The third kappa shape index (κ3) is 3.78. The van der Waals surface area contributed by atoms with E-state index in [1.54, 1.807) is 6.20 Å². The van der Waals surface area contributed by atoms with Crippen LogP contribution in [0.2, 0.25) is 0 Å². The van der Waals surface area contributed by atoms with E-state index in [0.717, 1.165) is 23.5 Å². The molecule has 0 unspecified atom stereocenters. The highest BCUT2D eigenvalue weighted by atomic mass is 32.1. The van der Waals surface area contributed by atoms with E-state index >= 15 is 0 Å². The molecule has 0 bridgehead atoms. The maximum absolute atomic E-state index is 5.87. The lowest BCUT2D eigenvalue weighted by molar-refractivity contribution is 0.533. The minimum Gasteiger partial charge on any atom is -0.351 e. The number of benzene rings is 1. The minimum atomic E-state index is -0.0622. The number of rotatable bonds is 5. The fraction of sp³-hybridized carbons (Fsp3) is 0.192. The molecule has 1 aliphatic rings. The summed E-state index contributed by atoms with van der Waals surface area (Å²) < 4.78 is 2.28. The van der Waals surface area contributed by atoms with Crippen molar-refractivity contribution in [2.24, 2.45) is 0 Å². The highest BCUT2D eigenvalue weighted by Gasteiger charge is 2.42. The summed E-state index contributed by atoms with van der Waals surface area (Å²) in [5.74, 6) is 0. The molecule has 6 heteroatoms. The first-order valence-corrected chi connectivity index (χ1v) is 11.1. The fourth-order valence-corrected chi connectivity index (χ4v) is 4.68. The van der Waals surface area contributed by atoms with Gasteiger partial charge >= 0.3 is 0 Å². The molecular formula is C26H25N5S. The lowest BCUT2D eigenvalue weighted by atomic mass is 10.00. The molecule has 4 heterocycles. The van der Waals surface area contributed by atoms with E-state index in [2.05, 4.69) is 87.3 Å². The molecule has 5 nitrogen and oxygen atoms in total. The SMILES string of the molecule is Cc1ccc(N2C(=S)N[C@@H](c3ccccn3)[C@H]2c2cccn2Cc2cccnc2)cc1C. The van der Waals surface area contributed by atoms with Crippen LogP contribution in [0.25, 0.3) is 0 Å². The molecular weight excluding hydrogens is 414 g/mol. The summed E-state index contributed by atoms with van der Waals surface area (Å²) in [5, 5.41) is 4.26. The summed E-state index contributed by atoms with van der Waals surface area (Å²) in [6.45, 7) is 5.02. The Kier molecular flexibility index (Phi) is 5.45. The Bertz CT molecular complexity index is 1240. The molecule has 0 aliphatic carbocycles. The molecule has 0 amide bonds. The molecule has 1 saturated heterocycles. The number of aryl methyl sites for hydroxylation is 2. The number of nitrogens with zero attached hydrogens (tertiary/aromatic N) is 4.